The van der Waals surface area contributed by atoms with Crippen LogP contribution in [0.25, 0.3) is 33.4 Å². The fourth-order valence-corrected chi connectivity index (χ4v) is 11.0. The molecule has 6 heterocycles. The Balaban J connectivity index is 0.00000281. The Kier molecular flexibility index (Phi) is 23.6. The maximum atomic E-state index is 14.7. The summed E-state index contributed by atoms with van der Waals surface area (Å²) in [7, 11) is 5.42. The second kappa shape index (κ2) is 27.2. The summed E-state index contributed by atoms with van der Waals surface area (Å²) in [6.45, 7) is 15.0. The summed E-state index contributed by atoms with van der Waals surface area (Å²) in [4.78, 5) is 73.1. The van der Waals surface area contributed by atoms with Gasteiger partial charge in [-0.15, -0.1) is 11.3 Å². The third kappa shape index (κ3) is 13.7. The van der Waals surface area contributed by atoms with Gasteiger partial charge < -0.3 is 29.2 Å². The molecule has 21 heteroatoms. The van der Waals surface area contributed by atoms with E-state index in [1.54, 1.807) is 20.4 Å². The molecule has 4 amide bonds. The fraction of sp³-hybridized carbons (Fsp3) is 0.500. The number of esters is 1. The highest BCUT2D eigenvalue weighted by molar-refractivity contribution is 7.60. The van der Waals surface area contributed by atoms with Crippen molar-refractivity contribution in [1.82, 2.24) is 45.0 Å². The molecule has 3 aliphatic heterocycles. The summed E-state index contributed by atoms with van der Waals surface area (Å²) in [5.74, 6) is -1.56. The van der Waals surface area contributed by atoms with Crippen molar-refractivity contribution in [1.29, 1.82) is 0 Å². The third-order valence-electron chi connectivity index (χ3n) is 13.9. The van der Waals surface area contributed by atoms with Crippen LogP contribution in [-0.2, 0) is 43.2 Å². The number of nitrogens with zero attached hydrogens (tertiary/aromatic N) is 7. The Morgan fingerprint density at radius 3 is 2.41 bits per heavy atom. The van der Waals surface area contributed by atoms with Crippen LogP contribution in [0.5, 0.6) is 0 Å². The van der Waals surface area contributed by atoms with Crippen LogP contribution < -0.4 is 10.7 Å². The van der Waals surface area contributed by atoms with Gasteiger partial charge in [-0.05, 0) is 81.5 Å². The number of methoxy groups -OCH3 is 1. The molecule has 402 valence electrons. The summed E-state index contributed by atoms with van der Waals surface area (Å²) in [6.07, 6.45) is 3.27. The van der Waals surface area contributed by atoms with Gasteiger partial charge in [-0.2, -0.15) is 67.5 Å². The molecule has 5 atom stereocenters. The number of fused-ring (bicyclic) bond motifs is 6. The number of piperazine rings is 1. The number of ether oxygens (including phenoxy) is 2. The smallest absolute Gasteiger partial charge is 0.324 e. The molecule has 0 spiro atoms. The minimum atomic E-state index is -1.06. The average Bonchev–Trinajstić information content (AvgIpc) is 3.93. The third-order valence-corrected chi connectivity index (χ3v) is 14.7. The standard InChI is InChI=1S/C52H67N9O6S.5H2S/c1-10-60-42-21-20-35-26-37(42)38(47(60)36-18-14-22-53-45(36)33(4)66-9)28-52(5,6)31-67-50(64)39-19-15-23-61(56-39)49(63)40(27-44-54-41(35)30-68-44)55-48(62)46(32(2)3)58(8)51(65)59-25-24-57(7)43(29-59)34-16-12-11-13-17-34;;;;;/h11-14,16-18,20-22,26,30,32-33,39-40,43,46,56H,10,15,19,23-25,27-29,31H2,1-9H3,(H,55,62);5*1H2/t33-,39-,40-,43+,46-;;;;;/m0...../s1. The Hall–Kier alpha value is -3.93. The quantitative estimate of drug-likeness (QED) is 0.140. The van der Waals surface area contributed by atoms with Crippen molar-refractivity contribution >= 4 is 114 Å². The van der Waals surface area contributed by atoms with E-state index in [0.717, 1.165) is 50.2 Å². The molecule has 2 N–H and O–H groups in total. The largest absolute Gasteiger partial charge is 0.464 e. The van der Waals surface area contributed by atoms with Gasteiger partial charge in [0.1, 0.15) is 18.1 Å². The van der Waals surface area contributed by atoms with E-state index in [2.05, 4.69) is 84.4 Å². The second-order valence-electron chi connectivity index (χ2n) is 19.7. The van der Waals surface area contributed by atoms with E-state index in [1.165, 1.54) is 21.2 Å². The zero-order valence-electron chi connectivity index (χ0n) is 43.5. The van der Waals surface area contributed by atoms with E-state index in [9.17, 15) is 19.2 Å². The molecule has 3 aromatic heterocycles. The number of amides is 4. The summed E-state index contributed by atoms with van der Waals surface area (Å²) in [6, 6.07) is 17.7. The number of urea groups is 1. The zero-order chi connectivity index (χ0) is 48.4. The van der Waals surface area contributed by atoms with E-state index < -0.39 is 41.3 Å². The summed E-state index contributed by atoms with van der Waals surface area (Å²) >= 11 is 1.43. The van der Waals surface area contributed by atoms with Crippen LogP contribution >= 0.6 is 78.8 Å². The minimum Gasteiger partial charge on any atom is -0.464 e. The molecule has 0 aliphatic carbocycles. The molecular weight excluding hydrogens is 1040 g/mol. The molecule has 6 bridgehead atoms. The van der Waals surface area contributed by atoms with Crippen LogP contribution in [0.3, 0.4) is 0 Å². The van der Waals surface area contributed by atoms with Crippen molar-refractivity contribution in [3.05, 3.63) is 94.1 Å². The molecule has 73 heavy (non-hydrogen) atoms. The first kappa shape index (κ1) is 63.4. The summed E-state index contributed by atoms with van der Waals surface area (Å²) in [5.41, 5.74) is 10.5. The predicted octanol–water partition coefficient (Wildman–Crippen LogP) is 7.83. The van der Waals surface area contributed by atoms with Crippen LogP contribution in [0.1, 0.15) is 88.4 Å². The average molecular weight is 1120 g/mol. The lowest BCUT2D eigenvalue weighted by Crippen LogP contribution is -2.63. The lowest BCUT2D eigenvalue weighted by Gasteiger charge is -2.42. The van der Waals surface area contributed by atoms with E-state index in [-0.39, 0.29) is 105 Å². The number of carbonyl (C=O) groups is 4. The Bertz CT molecular complexity index is 2650. The van der Waals surface area contributed by atoms with Crippen molar-refractivity contribution < 1.29 is 28.7 Å². The first-order valence-corrected chi connectivity index (χ1v) is 24.9. The zero-order valence-corrected chi connectivity index (χ0v) is 49.3. The normalized spacial score (nSPS) is 19.8. The van der Waals surface area contributed by atoms with Crippen LogP contribution in [0, 0.1) is 11.3 Å². The highest BCUT2D eigenvalue weighted by Gasteiger charge is 2.40. The van der Waals surface area contributed by atoms with Crippen molar-refractivity contribution in [2.75, 3.05) is 54.0 Å². The minimum absolute atomic E-state index is 0. The SMILES string of the molecule is CCn1c(-c2cccnc2[C@H](C)OC)c2c3cc(ccc31)-c1csc(n1)C[C@H](NC(=O)[C@H](C(C)C)N(C)C(=O)N1CCN(C)[C@@H](c3ccccc3)C1)C(=O)N1CCC[C@H](N1)C(=O)OCC(C)(C)C2.S.S.S.S.S. The lowest BCUT2D eigenvalue weighted by molar-refractivity contribution is -0.155. The van der Waals surface area contributed by atoms with E-state index >= 15 is 0 Å². The maximum absolute atomic E-state index is 14.7. The number of aromatic nitrogens is 3. The second-order valence-corrected chi connectivity index (χ2v) is 20.6. The van der Waals surface area contributed by atoms with Gasteiger partial charge in [0.05, 0.1) is 40.8 Å². The molecule has 0 saturated carbocycles. The molecule has 2 aromatic carbocycles. The molecule has 5 aromatic rings. The Morgan fingerprint density at radius 1 is 1.00 bits per heavy atom. The lowest BCUT2D eigenvalue weighted by atomic mass is 9.84. The first-order valence-electron chi connectivity index (χ1n) is 24.0. The van der Waals surface area contributed by atoms with Gasteiger partial charge in [-0.25, -0.2) is 15.2 Å². The number of hydrogen-bond donors (Lipinski definition) is 2. The molecule has 2 fully saturated rings. The number of pyridine rings is 1. The number of likely N-dealkylation sites (N-methyl/N-ethyl adjacent to an activating group) is 2. The number of rotatable bonds is 9. The van der Waals surface area contributed by atoms with E-state index in [1.807, 2.05) is 55.3 Å². The number of hydrogen-bond acceptors (Lipinski definition) is 11. The number of aryl methyl sites for hydroxylation is 1. The van der Waals surface area contributed by atoms with Gasteiger partial charge in [0.15, 0.2) is 0 Å². The number of nitrogens with one attached hydrogen (secondary N) is 2. The van der Waals surface area contributed by atoms with Gasteiger partial charge in [0.2, 0.25) is 5.91 Å². The van der Waals surface area contributed by atoms with E-state index in [0.29, 0.717) is 57.0 Å². The maximum Gasteiger partial charge on any atom is 0.324 e. The van der Waals surface area contributed by atoms with Crippen LogP contribution in [-0.4, -0.2) is 130 Å². The van der Waals surface area contributed by atoms with Gasteiger partial charge in [0, 0.05) is 92.3 Å². The van der Waals surface area contributed by atoms with Gasteiger partial charge in [-0.3, -0.25) is 29.3 Å². The number of hydrazine groups is 1. The molecule has 15 nitrogen and oxygen atoms in total. The highest BCUT2D eigenvalue weighted by Crippen LogP contribution is 2.42. The molecule has 3 aliphatic rings. The van der Waals surface area contributed by atoms with Crippen molar-refractivity contribution in [2.45, 2.75) is 104 Å². The highest BCUT2D eigenvalue weighted by atomic mass is 32.1. The number of cyclic esters (lactones) is 1. The Labute approximate surface area is 470 Å². The monoisotopic (exact) mass is 1120 g/mol. The molecule has 2 saturated heterocycles. The molecule has 0 radical (unpaired) electrons. The van der Waals surface area contributed by atoms with Crippen molar-refractivity contribution in [3.63, 3.8) is 0 Å². The number of thiazole rings is 1. The topological polar surface area (TPSA) is 154 Å². The van der Waals surface area contributed by atoms with Crippen LogP contribution in [0.15, 0.2) is 72.2 Å². The van der Waals surface area contributed by atoms with Crippen LogP contribution in [0.4, 0.5) is 4.79 Å². The van der Waals surface area contributed by atoms with E-state index in [4.69, 9.17) is 19.4 Å². The first-order chi connectivity index (χ1) is 32.6. The van der Waals surface area contributed by atoms with Gasteiger partial charge >= 0.3 is 12.0 Å². The summed E-state index contributed by atoms with van der Waals surface area (Å²) < 4.78 is 14.3. The molecule has 0 unspecified atom stereocenters. The number of carbonyl (C=O) groups excluding carboxylic acids is 4. The summed E-state index contributed by atoms with van der Waals surface area (Å²) in [5, 5.41) is 8.25. The predicted molar refractivity (Wildman–Crippen MR) is 316 cm³/mol. The molecule has 8 rings (SSSR count). The van der Waals surface area contributed by atoms with Crippen molar-refractivity contribution in [3.8, 4) is 22.5 Å². The van der Waals surface area contributed by atoms with Crippen LogP contribution in [0.2, 0.25) is 0 Å². The van der Waals surface area contributed by atoms with Gasteiger partial charge in [0.25, 0.3) is 5.91 Å². The van der Waals surface area contributed by atoms with Gasteiger partial charge in [-0.1, -0.05) is 64.1 Å². The number of benzene rings is 2. The fourth-order valence-electron chi connectivity index (χ4n) is 10.2. The Morgan fingerprint density at radius 2 is 1.73 bits per heavy atom. The molecular formula is C52H77N9O6S6. The van der Waals surface area contributed by atoms with Crippen molar-refractivity contribution in [2.24, 2.45) is 11.3 Å².